The van der Waals surface area contributed by atoms with Crippen molar-refractivity contribution < 1.29 is 0 Å². The van der Waals surface area contributed by atoms with E-state index in [0.717, 1.165) is 22.6 Å². The molecule has 0 saturated heterocycles. The summed E-state index contributed by atoms with van der Waals surface area (Å²) in [4.78, 5) is 4.98. The molecule has 29 heavy (non-hydrogen) atoms. The molecular weight excluding hydrogens is 352 g/mol. The minimum Gasteiger partial charge on any atom is -0.657 e. The molecule has 0 radical (unpaired) electrons. The maximum Gasteiger partial charge on any atom is 0.0699 e. The number of hydrogen-bond donors (Lipinski definition) is 0. The van der Waals surface area contributed by atoms with Crippen LogP contribution < -0.4 is 0 Å². The average Bonchev–Trinajstić information content (AvgIpc) is 2.69. The Balaban J connectivity index is 2.02. The van der Waals surface area contributed by atoms with Crippen LogP contribution in [0.15, 0.2) is 65.7 Å². The van der Waals surface area contributed by atoms with Gasteiger partial charge in [0.05, 0.1) is 5.69 Å². The smallest absolute Gasteiger partial charge is 0.0699 e. The van der Waals surface area contributed by atoms with Gasteiger partial charge in [-0.25, -0.2) is 0 Å². The topological polar surface area (TPSA) is 26.5 Å². The first-order valence-corrected chi connectivity index (χ1v) is 10.4. The summed E-state index contributed by atoms with van der Waals surface area (Å²) in [5, 5.41) is 4.98. The molecule has 2 nitrogen and oxygen atoms in total. The summed E-state index contributed by atoms with van der Waals surface area (Å²) in [6, 6.07) is 21.0. The Bertz CT molecular complexity index is 966. The third-order valence-corrected chi connectivity index (χ3v) is 5.28. The van der Waals surface area contributed by atoms with Crippen LogP contribution in [0.4, 0.5) is 17.1 Å². The zero-order valence-electron chi connectivity index (χ0n) is 18.4. The summed E-state index contributed by atoms with van der Waals surface area (Å²) in [5.74, 6) is 0.853. The molecule has 0 aromatic heterocycles. The predicted molar refractivity (Wildman–Crippen MR) is 127 cm³/mol. The van der Waals surface area contributed by atoms with E-state index in [0.29, 0.717) is 11.8 Å². The highest BCUT2D eigenvalue weighted by molar-refractivity contribution is 5.93. The van der Waals surface area contributed by atoms with Crippen molar-refractivity contribution in [2.75, 3.05) is 0 Å². The third-order valence-electron chi connectivity index (χ3n) is 5.28. The van der Waals surface area contributed by atoms with E-state index >= 15 is 0 Å². The van der Waals surface area contributed by atoms with Crippen LogP contribution in [-0.4, -0.2) is 6.21 Å². The number of para-hydroxylation sites is 3. The summed E-state index contributed by atoms with van der Waals surface area (Å²) in [5.41, 5.74) is 9.06. The van der Waals surface area contributed by atoms with Crippen molar-refractivity contribution in [3.05, 3.63) is 93.8 Å². The van der Waals surface area contributed by atoms with E-state index in [9.17, 15) is 0 Å². The Labute approximate surface area is 175 Å². The first kappa shape index (κ1) is 20.9. The van der Waals surface area contributed by atoms with Crippen LogP contribution in [-0.2, 0) is 0 Å². The van der Waals surface area contributed by atoms with Crippen molar-refractivity contribution in [2.45, 2.75) is 53.4 Å². The lowest BCUT2D eigenvalue weighted by Gasteiger charge is -2.28. The van der Waals surface area contributed by atoms with Gasteiger partial charge in [-0.05, 0) is 42.4 Å². The summed E-state index contributed by atoms with van der Waals surface area (Å²) >= 11 is 0. The molecule has 0 atom stereocenters. The highest BCUT2D eigenvalue weighted by atomic mass is 14.9. The predicted octanol–water partition coefficient (Wildman–Crippen LogP) is 8.64. The molecule has 3 aromatic carbocycles. The maximum absolute atomic E-state index is 4.98. The number of aliphatic imine (C=N–C) groups is 1. The first-order valence-electron chi connectivity index (χ1n) is 10.4. The monoisotopic (exact) mass is 383 g/mol. The second-order valence-corrected chi connectivity index (χ2v) is 8.26. The van der Waals surface area contributed by atoms with Gasteiger partial charge in [0, 0.05) is 6.21 Å². The summed E-state index contributed by atoms with van der Waals surface area (Å²) < 4.78 is 0. The molecule has 150 valence electrons. The van der Waals surface area contributed by atoms with E-state index in [4.69, 9.17) is 10.3 Å². The molecule has 0 saturated carbocycles. The second kappa shape index (κ2) is 9.09. The third kappa shape index (κ3) is 4.76. The standard InChI is InChI=1S/C27H31N2/c1-18(2)23-14-10-15-24(19(3)4)27(23)28-17-22-13-7-8-16-25(22)29-26-20(5)11-9-12-21(26)6/h7-19H,1-6H3/q-1. The van der Waals surface area contributed by atoms with Gasteiger partial charge in [0.2, 0.25) is 0 Å². The molecule has 0 heterocycles. The SMILES string of the molecule is Cc1cccc(C)c1[N-]c1ccccc1C=Nc1c(C(C)C)cccc1C(C)C. The number of aryl methyl sites for hydroxylation is 2. The number of benzene rings is 3. The fraction of sp³-hybridized carbons (Fsp3) is 0.296. The molecule has 0 N–H and O–H groups in total. The van der Waals surface area contributed by atoms with Crippen LogP contribution >= 0.6 is 0 Å². The van der Waals surface area contributed by atoms with Gasteiger partial charge in [0.15, 0.2) is 0 Å². The van der Waals surface area contributed by atoms with Gasteiger partial charge < -0.3 is 5.32 Å². The number of rotatable bonds is 6. The lowest BCUT2D eigenvalue weighted by atomic mass is 9.93. The van der Waals surface area contributed by atoms with E-state index < -0.39 is 0 Å². The van der Waals surface area contributed by atoms with Crippen molar-refractivity contribution in [3.8, 4) is 0 Å². The minimum absolute atomic E-state index is 0.426. The van der Waals surface area contributed by atoms with E-state index in [1.165, 1.54) is 22.3 Å². The highest BCUT2D eigenvalue weighted by Crippen LogP contribution is 2.38. The van der Waals surface area contributed by atoms with Gasteiger partial charge in [0.1, 0.15) is 0 Å². The molecule has 0 aliphatic rings. The molecule has 0 bridgehead atoms. The van der Waals surface area contributed by atoms with E-state index in [2.05, 4.69) is 90.1 Å². The highest BCUT2D eigenvalue weighted by Gasteiger charge is 2.12. The molecule has 3 aromatic rings. The summed E-state index contributed by atoms with van der Waals surface area (Å²) in [6.07, 6.45) is 1.97. The van der Waals surface area contributed by atoms with Crippen molar-refractivity contribution in [1.29, 1.82) is 0 Å². The Hall–Kier alpha value is -2.87. The normalized spacial score (nSPS) is 11.6. The van der Waals surface area contributed by atoms with Gasteiger partial charge in [-0.15, -0.1) is 11.4 Å². The fourth-order valence-electron chi connectivity index (χ4n) is 3.60. The molecule has 3 rings (SSSR count). The zero-order valence-corrected chi connectivity index (χ0v) is 18.4. The number of hydrogen-bond acceptors (Lipinski definition) is 1. The fourth-order valence-corrected chi connectivity index (χ4v) is 3.60. The van der Waals surface area contributed by atoms with Gasteiger partial charge >= 0.3 is 0 Å². The van der Waals surface area contributed by atoms with Crippen LogP contribution in [0.2, 0.25) is 0 Å². The van der Waals surface area contributed by atoms with Crippen molar-refractivity contribution in [1.82, 2.24) is 0 Å². The summed E-state index contributed by atoms with van der Waals surface area (Å²) in [7, 11) is 0. The van der Waals surface area contributed by atoms with Gasteiger partial charge in [0.25, 0.3) is 0 Å². The molecule has 0 unspecified atom stereocenters. The number of nitrogens with zero attached hydrogens (tertiary/aromatic N) is 2. The molecule has 0 aliphatic heterocycles. The minimum atomic E-state index is 0.426. The van der Waals surface area contributed by atoms with Crippen molar-refractivity contribution >= 4 is 23.3 Å². The largest absolute Gasteiger partial charge is 0.657 e. The lowest BCUT2D eigenvalue weighted by Crippen LogP contribution is -1.96. The molecule has 0 fully saturated rings. The van der Waals surface area contributed by atoms with Crippen LogP contribution in [0.3, 0.4) is 0 Å². The molecule has 0 aliphatic carbocycles. The van der Waals surface area contributed by atoms with E-state index in [-0.39, 0.29) is 0 Å². The van der Waals surface area contributed by atoms with Gasteiger partial charge in [-0.1, -0.05) is 99.5 Å². The lowest BCUT2D eigenvalue weighted by molar-refractivity contribution is 0.835. The Morgan fingerprint density at radius 1 is 0.724 bits per heavy atom. The van der Waals surface area contributed by atoms with Crippen LogP contribution in [0.1, 0.15) is 67.3 Å². The van der Waals surface area contributed by atoms with Crippen molar-refractivity contribution in [2.24, 2.45) is 4.99 Å². The Kier molecular flexibility index (Phi) is 6.53. The average molecular weight is 384 g/mol. The molecule has 2 heteroatoms. The quantitative estimate of drug-likeness (QED) is 0.381. The second-order valence-electron chi connectivity index (χ2n) is 8.26. The van der Waals surface area contributed by atoms with Gasteiger partial charge in [-0.3, -0.25) is 4.99 Å². The summed E-state index contributed by atoms with van der Waals surface area (Å²) in [6.45, 7) is 13.1. The Morgan fingerprint density at radius 2 is 1.28 bits per heavy atom. The van der Waals surface area contributed by atoms with Crippen LogP contribution in [0, 0.1) is 13.8 Å². The van der Waals surface area contributed by atoms with E-state index in [1.54, 1.807) is 0 Å². The maximum atomic E-state index is 4.98. The van der Waals surface area contributed by atoms with Crippen molar-refractivity contribution in [3.63, 3.8) is 0 Å². The Morgan fingerprint density at radius 3 is 1.86 bits per heavy atom. The van der Waals surface area contributed by atoms with Crippen LogP contribution in [0.5, 0.6) is 0 Å². The van der Waals surface area contributed by atoms with Gasteiger partial charge in [-0.2, -0.15) is 0 Å². The molecular formula is C27H31N2-. The zero-order chi connectivity index (χ0) is 21.0. The van der Waals surface area contributed by atoms with E-state index in [1.807, 2.05) is 18.3 Å². The first-order chi connectivity index (χ1) is 13.9. The molecule has 0 spiro atoms. The van der Waals surface area contributed by atoms with Crippen LogP contribution in [0.25, 0.3) is 5.32 Å². The molecule has 0 amide bonds.